The summed E-state index contributed by atoms with van der Waals surface area (Å²) in [6, 6.07) is 7.26. The van der Waals surface area contributed by atoms with Crippen LogP contribution in [0.15, 0.2) is 24.3 Å². The number of unbranched alkanes of at least 4 members (excludes halogenated alkanes) is 1. The highest BCUT2D eigenvalue weighted by Crippen LogP contribution is 2.28. The minimum atomic E-state index is -0.723. The number of aliphatic hydroxyl groups is 1. The second-order valence-corrected chi connectivity index (χ2v) is 4.39. The number of ether oxygens (including phenoxy) is 1. The van der Waals surface area contributed by atoms with Gasteiger partial charge in [-0.25, -0.2) is 0 Å². The van der Waals surface area contributed by atoms with E-state index in [-0.39, 0.29) is 12.8 Å². The molecule has 0 saturated heterocycles. The predicted octanol–water partition coefficient (Wildman–Crippen LogP) is 2.87. The first-order valence-electron chi connectivity index (χ1n) is 5.94. The second-order valence-electron chi connectivity index (χ2n) is 3.98. The van der Waals surface area contributed by atoms with Crippen LogP contribution in [0.25, 0.3) is 0 Å². The monoisotopic (exact) mass is 257 g/mol. The lowest BCUT2D eigenvalue weighted by Gasteiger charge is -2.23. The third-order valence-corrected chi connectivity index (χ3v) is 3.07. The number of rotatable bonds is 7. The van der Waals surface area contributed by atoms with Crippen LogP contribution in [0.2, 0.25) is 5.02 Å². The number of benzene rings is 1. The number of aliphatic hydroxyl groups excluding tert-OH is 1. The van der Waals surface area contributed by atoms with E-state index in [0.29, 0.717) is 10.6 Å². The van der Waals surface area contributed by atoms with E-state index in [2.05, 4.69) is 6.92 Å². The number of nitrogens with two attached hydrogens (primary N) is 1. The smallest absolute Gasteiger partial charge is 0.107 e. The first kappa shape index (κ1) is 14.5. The summed E-state index contributed by atoms with van der Waals surface area (Å²) in [6.07, 6.45) is 1.81. The van der Waals surface area contributed by atoms with Gasteiger partial charge in [0, 0.05) is 10.6 Å². The highest BCUT2D eigenvalue weighted by Gasteiger charge is 2.22. The molecule has 0 saturated carbocycles. The van der Waals surface area contributed by atoms with E-state index >= 15 is 0 Å². The molecule has 1 aromatic carbocycles. The molecule has 0 unspecified atom stereocenters. The first-order valence-corrected chi connectivity index (χ1v) is 6.32. The van der Waals surface area contributed by atoms with Gasteiger partial charge in [0.25, 0.3) is 0 Å². The lowest BCUT2D eigenvalue weighted by molar-refractivity contribution is -0.0417. The third-order valence-electron chi connectivity index (χ3n) is 2.73. The lowest BCUT2D eigenvalue weighted by atomic mass is 10.00. The zero-order valence-corrected chi connectivity index (χ0v) is 10.9. The maximum Gasteiger partial charge on any atom is 0.107 e. The summed E-state index contributed by atoms with van der Waals surface area (Å²) in [5.74, 6) is 0. The molecular weight excluding hydrogens is 238 g/mol. The maximum absolute atomic E-state index is 10.3. The Bertz CT molecular complexity index is 333. The van der Waals surface area contributed by atoms with Crippen LogP contribution in [0.5, 0.6) is 0 Å². The van der Waals surface area contributed by atoms with Crippen molar-refractivity contribution >= 4 is 11.6 Å². The van der Waals surface area contributed by atoms with E-state index in [1.165, 1.54) is 0 Å². The third kappa shape index (κ3) is 4.28. The molecular formula is C13H20ClNO2. The molecule has 0 spiro atoms. The van der Waals surface area contributed by atoms with Crippen molar-refractivity contribution in [3.8, 4) is 0 Å². The Hall–Kier alpha value is -0.610. The maximum atomic E-state index is 10.3. The van der Waals surface area contributed by atoms with Crippen LogP contribution in [0.1, 0.15) is 37.9 Å². The molecule has 0 bridgehead atoms. The molecule has 3 N–H and O–H groups in total. The van der Waals surface area contributed by atoms with E-state index in [9.17, 15) is 5.11 Å². The highest BCUT2D eigenvalue weighted by molar-refractivity contribution is 6.31. The SMILES string of the molecule is CCCC[C@H](OCN)[C@@H](O)c1ccccc1Cl. The van der Waals surface area contributed by atoms with Crippen LogP contribution >= 0.6 is 11.6 Å². The average molecular weight is 258 g/mol. The quantitative estimate of drug-likeness (QED) is 0.739. The Morgan fingerprint density at radius 3 is 2.71 bits per heavy atom. The van der Waals surface area contributed by atoms with Crippen LogP contribution in [0.4, 0.5) is 0 Å². The van der Waals surface area contributed by atoms with E-state index in [0.717, 1.165) is 19.3 Å². The second kappa shape index (κ2) is 7.67. The van der Waals surface area contributed by atoms with Crippen LogP contribution in [-0.2, 0) is 4.74 Å². The van der Waals surface area contributed by atoms with Gasteiger partial charge in [-0.15, -0.1) is 0 Å². The lowest BCUT2D eigenvalue weighted by Crippen LogP contribution is -2.25. The summed E-state index contributed by atoms with van der Waals surface area (Å²) in [5, 5.41) is 10.8. The number of hydrogen-bond donors (Lipinski definition) is 2. The van der Waals surface area contributed by atoms with Gasteiger partial charge in [0.2, 0.25) is 0 Å². The summed E-state index contributed by atoms with van der Waals surface area (Å²) >= 11 is 6.05. The van der Waals surface area contributed by atoms with Crippen molar-refractivity contribution < 1.29 is 9.84 Å². The van der Waals surface area contributed by atoms with Gasteiger partial charge in [0.05, 0.1) is 12.8 Å². The van der Waals surface area contributed by atoms with Gasteiger partial charge in [-0.3, -0.25) is 0 Å². The Morgan fingerprint density at radius 1 is 1.41 bits per heavy atom. The van der Waals surface area contributed by atoms with Crippen molar-refractivity contribution in [3.05, 3.63) is 34.9 Å². The largest absolute Gasteiger partial charge is 0.386 e. The van der Waals surface area contributed by atoms with Gasteiger partial charge in [-0.1, -0.05) is 49.6 Å². The molecule has 2 atom stereocenters. The fourth-order valence-corrected chi connectivity index (χ4v) is 2.02. The van der Waals surface area contributed by atoms with E-state index in [4.69, 9.17) is 22.1 Å². The molecule has 0 fully saturated rings. The highest BCUT2D eigenvalue weighted by atomic mass is 35.5. The topological polar surface area (TPSA) is 55.5 Å². The summed E-state index contributed by atoms with van der Waals surface area (Å²) in [5.41, 5.74) is 6.09. The standard InChI is InChI=1S/C13H20ClNO2/c1-2-3-8-12(17-9-15)13(16)10-6-4-5-7-11(10)14/h4-7,12-13,16H,2-3,8-9,15H2,1H3/t12-,13-/m0/s1. The van der Waals surface area contributed by atoms with Gasteiger partial charge < -0.3 is 15.6 Å². The van der Waals surface area contributed by atoms with Crippen LogP contribution in [0.3, 0.4) is 0 Å². The molecule has 0 amide bonds. The zero-order valence-electron chi connectivity index (χ0n) is 10.1. The van der Waals surface area contributed by atoms with Gasteiger partial charge in [-0.05, 0) is 12.5 Å². The molecule has 4 heteroatoms. The van der Waals surface area contributed by atoms with Gasteiger partial charge in [0.15, 0.2) is 0 Å². The zero-order chi connectivity index (χ0) is 12.7. The molecule has 0 aromatic heterocycles. The summed E-state index contributed by atoms with van der Waals surface area (Å²) in [4.78, 5) is 0. The average Bonchev–Trinajstić information content (AvgIpc) is 2.34. The van der Waals surface area contributed by atoms with Crippen molar-refractivity contribution in [2.75, 3.05) is 6.73 Å². The molecule has 0 aliphatic rings. The fraction of sp³-hybridized carbons (Fsp3) is 0.538. The van der Waals surface area contributed by atoms with E-state index in [1.54, 1.807) is 6.07 Å². The minimum Gasteiger partial charge on any atom is -0.386 e. The van der Waals surface area contributed by atoms with Crippen LogP contribution in [-0.4, -0.2) is 17.9 Å². The van der Waals surface area contributed by atoms with Gasteiger partial charge >= 0.3 is 0 Å². The summed E-state index contributed by atoms with van der Waals surface area (Å²) < 4.78 is 5.38. The van der Waals surface area contributed by atoms with Crippen molar-refractivity contribution in [2.24, 2.45) is 5.73 Å². The first-order chi connectivity index (χ1) is 8.20. The Morgan fingerprint density at radius 2 is 2.12 bits per heavy atom. The predicted molar refractivity (Wildman–Crippen MR) is 69.9 cm³/mol. The van der Waals surface area contributed by atoms with Crippen molar-refractivity contribution in [1.82, 2.24) is 0 Å². The van der Waals surface area contributed by atoms with Crippen molar-refractivity contribution in [3.63, 3.8) is 0 Å². The van der Waals surface area contributed by atoms with Crippen LogP contribution < -0.4 is 5.73 Å². The summed E-state index contributed by atoms with van der Waals surface area (Å²) in [6.45, 7) is 2.21. The van der Waals surface area contributed by atoms with E-state index in [1.807, 2.05) is 18.2 Å². The van der Waals surface area contributed by atoms with Crippen LogP contribution in [0, 0.1) is 0 Å². The normalized spacial score (nSPS) is 14.6. The summed E-state index contributed by atoms with van der Waals surface area (Å²) in [7, 11) is 0. The number of halogens is 1. The Balaban J connectivity index is 2.76. The van der Waals surface area contributed by atoms with Crippen molar-refractivity contribution in [2.45, 2.75) is 38.4 Å². The molecule has 0 heterocycles. The number of hydrogen-bond acceptors (Lipinski definition) is 3. The molecule has 0 aliphatic heterocycles. The van der Waals surface area contributed by atoms with E-state index < -0.39 is 6.10 Å². The molecule has 17 heavy (non-hydrogen) atoms. The van der Waals surface area contributed by atoms with Gasteiger partial charge in [-0.2, -0.15) is 0 Å². The Kier molecular flexibility index (Phi) is 6.52. The molecule has 3 nitrogen and oxygen atoms in total. The van der Waals surface area contributed by atoms with Crippen molar-refractivity contribution in [1.29, 1.82) is 0 Å². The Labute approximate surface area is 108 Å². The van der Waals surface area contributed by atoms with Gasteiger partial charge in [0.1, 0.15) is 6.10 Å². The molecule has 0 radical (unpaired) electrons. The molecule has 0 aliphatic carbocycles. The molecule has 1 aromatic rings. The fourth-order valence-electron chi connectivity index (χ4n) is 1.78. The molecule has 96 valence electrons. The molecule has 1 rings (SSSR count). The minimum absolute atomic E-state index is 0.107.